The van der Waals surface area contributed by atoms with Crippen molar-refractivity contribution in [2.24, 2.45) is 13.0 Å². The summed E-state index contributed by atoms with van der Waals surface area (Å²) >= 11 is 0. The highest BCUT2D eigenvalue weighted by Crippen LogP contribution is 2.19. The summed E-state index contributed by atoms with van der Waals surface area (Å²) in [5.41, 5.74) is 1.95. The Morgan fingerprint density at radius 1 is 1.42 bits per heavy atom. The van der Waals surface area contributed by atoms with Crippen LogP contribution in [0, 0.1) is 11.7 Å². The van der Waals surface area contributed by atoms with Crippen molar-refractivity contribution in [1.29, 1.82) is 0 Å². The molecule has 1 N–H and O–H groups in total. The average molecular weight is 330 g/mol. The lowest BCUT2D eigenvalue weighted by Gasteiger charge is -2.32. The van der Waals surface area contributed by atoms with Gasteiger partial charge in [-0.2, -0.15) is 5.10 Å². The number of halogens is 1. The highest BCUT2D eigenvalue weighted by atomic mass is 19.1. The van der Waals surface area contributed by atoms with E-state index >= 15 is 0 Å². The first-order chi connectivity index (χ1) is 11.6. The van der Waals surface area contributed by atoms with Crippen molar-refractivity contribution in [2.45, 2.75) is 25.9 Å². The van der Waals surface area contributed by atoms with Gasteiger partial charge in [0.15, 0.2) is 0 Å². The zero-order chi connectivity index (χ0) is 16.9. The molecule has 0 aliphatic carbocycles. The average Bonchev–Trinajstić information content (AvgIpc) is 2.98. The van der Waals surface area contributed by atoms with Gasteiger partial charge >= 0.3 is 0 Å². The molecule has 5 nitrogen and oxygen atoms in total. The quantitative estimate of drug-likeness (QED) is 0.913. The van der Waals surface area contributed by atoms with E-state index in [1.807, 2.05) is 19.3 Å². The van der Waals surface area contributed by atoms with Gasteiger partial charge in [0.05, 0.1) is 12.1 Å². The van der Waals surface area contributed by atoms with Gasteiger partial charge < -0.3 is 5.32 Å². The molecule has 2 heterocycles. The van der Waals surface area contributed by atoms with Crippen molar-refractivity contribution < 1.29 is 9.18 Å². The molecule has 1 saturated heterocycles. The van der Waals surface area contributed by atoms with Crippen LogP contribution in [0.4, 0.5) is 4.39 Å². The molecule has 128 valence electrons. The van der Waals surface area contributed by atoms with Crippen molar-refractivity contribution in [3.05, 3.63) is 53.6 Å². The predicted octanol–water partition coefficient (Wildman–Crippen LogP) is 2.09. The maximum Gasteiger partial charge on any atom is 0.224 e. The first kappa shape index (κ1) is 16.6. The van der Waals surface area contributed by atoms with Crippen molar-refractivity contribution >= 4 is 5.91 Å². The second-order valence-corrected chi connectivity index (χ2v) is 6.44. The SMILES string of the molecule is Cn1cc(CNC(=O)[C@@H]2CCCN(Cc3cccc(F)c3)C2)cn1. The van der Waals surface area contributed by atoms with E-state index in [0.717, 1.165) is 37.1 Å². The summed E-state index contributed by atoms with van der Waals surface area (Å²) in [6, 6.07) is 6.67. The number of hydrogen-bond donors (Lipinski definition) is 1. The molecule has 3 rings (SSSR count). The fourth-order valence-corrected chi connectivity index (χ4v) is 3.20. The van der Waals surface area contributed by atoms with Crippen molar-refractivity contribution in [3.63, 3.8) is 0 Å². The predicted molar refractivity (Wildman–Crippen MR) is 89.5 cm³/mol. The molecule has 1 aliphatic heterocycles. The first-order valence-electron chi connectivity index (χ1n) is 8.32. The van der Waals surface area contributed by atoms with Crippen LogP contribution in [0.15, 0.2) is 36.7 Å². The number of rotatable bonds is 5. The van der Waals surface area contributed by atoms with Crippen LogP contribution in [-0.2, 0) is 24.9 Å². The zero-order valence-corrected chi connectivity index (χ0v) is 13.9. The minimum absolute atomic E-state index is 0.0102. The second kappa shape index (κ2) is 7.57. The Balaban J connectivity index is 1.51. The number of benzene rings is 1. The van der Waals surface area contributed by atoms with E-state index in [-0.39, 0.29) is 17.6 Å². The Morgan fingerprint density at radius 2 is 2.29 bits per heavy atom. The van der Waals surface area contributed by atoms with Gasteiger partial charge in [-0.1, -0.05) is 12.1 Å². The molecule has 0 bridgehead atoms. The number of carbonyl (C=O) groups is 1. The fourth-order valence-electron chi connectivity index (χ4n) is 3.20. The first-order valence-corrected chi connectivity index (χ1v) is 8.32. The number of aromatic nitrogens is 2. The number of aryl methyl sites for hydroxylation is 1. The van der Waals surface area contributed by atoms with Gasteiger partial charge in [0.2, 0.25) is 5.91 Å². The van der Waals surface area contributed by atoms with E-state index in [1.165, 1.54) is 6.07 Å². The monoisotopic (exact) mass is 330 g/mol. The van der Waals surface area contributed by atoms with Crippen molar-refractivity contribution in [2.75, 3.05) is 13.1 Å². The lowest BCUT2D eigenvalue weighted by molar-refractivity contribution is -0.126. The Morgan fingerprint density at radius 3 is 3.04 bits per heavy atom. The molecule has 1 amide bonds. The highest BCUT2D eigenvalue weighted by molar-refractivity contribution is 5.78. The van der Waals surface area contributed by atoms with Gasteiger partial charge in [-0.25, -0.2) is 4.39 Å². The number of likely N-dealkylation sites (tertiary alicyclic amines) is 1. The van der Waals surface area contributed by atoms with Gasteiger partial charge in [0, 0.05) is 38.4 Å². The highest BCUT2D eigenvalue weighted by Gasteiger charge is 2.25. The van der Waals surface area contributed by atoms with E-state index in [4.69, 9.17) is 0 Å². The number of hydrogen-bond acceptors (Lipinski definition) is 3. The largest absolute Gasteiger partial charge is 0.352 e. The third-order valence-corrected chi connectivity index (χ3v) is 4.40. The number of nitrogens with zero attached hydrogens (tertiary/aromatic N) is 3. The Kier molecular flexibility index (Phi) is 5.25. The van der Waals surface area contributed by atoms with Gasteiger partial charge in [-0.15, -0.1) is 0 Å². The fraction of sp³-hybridized carbons (Fsp3) is 0.444. The molecule has 0 radical (unpaired) electrons. The summed E-state index contributed by atoms with van der Waals surface area (Å²) in [5, 5.41) is 7.10. The number of amides is 1. The number of nitrogens with one attached hydrogen (secondary N) is 1. The number of carbonyl (C=O) groups excluding carboxylic acids is 1. The van der Waals surface area contributed by atoms with Gasteiger partial charge in [0.1, 0.15) is 5.82 Å². The molecule has 1 aromatic heterocycles. The molecule has 0 saturated carbocycles. The van der Waals surface area contributed by atoms with Crippen LogP contribution in [-0.4, -0.2) is 33.7 Å². The molecule has 2 aromatic rings. The Bertz CT molecular complexity index is 700. The van der Waals surface area contributed by atoms with Crippen molar-refractivity contribution in [1.82, 2.24) is 20.0 Å². The van der Waals surface area contributed by atoms with Crippen molar-refractivity contribution in [3.8, 4) is 0 Å². The van der Waals surface area contributed by atoms with E-state index in [1.54, 1.807) is 23.0 Å². The van der Waals surface area contributed by atoms with Gasteiger partial charge in [-0.05, 0) is 37.1 Å². The van der Waals surface area contributed by atoms with E-state index in [2.05, 4.69) is 15.3 Å². The van der Waals surface area contributed by atoms with E-state index < -0.39 is 0 Å². The van der Waals surface area contributed by atoms with Crippen LogP contribution in [0.5, 0.6) is 0 Å². The molecule has 24 heavy (non-hydrogen) atoms. The molecule has 6 heteroatoms. The van der Waals surface area contributed by atoms with Gasteiger partial charge in [-0.3, -0.25) is 14.4 Å². The summed E-state index contributed by atoms with van der Waals surface area (Å²) in [6.45, 7) is 2.86. The van der Waals surface area contributed by atoms with Gasteiger partial charge in [0.25, 0.3) is 0 Å². The lowest BCUT2D eigenvalue weighted by atomic mass is 9.96. The van der Waals surface area contributed by atoms with E-state index in [9.17, 15) is 9.18 Å². The minimum atomic E-state index is -0.213. The summed E-state index contributed by atoms with van der Waals surface area (Å²) < 4.78 is 15.0. The molecule has 1 aliphatic rings. The topological polar surface area (TPSA) is 50.2 Å². The minimum Gasteiger partial charge on any atom is -0.352 e. The normalized spacial score (nSPS) is 18.5. The zero-order valence-electron chi connectivity index (χ0n) is 13.9. The smallest absolute Gasteiger partial charge is 0.224 e. The summed E-state index contributed by atoms with van der Waals surface area (Å²) in [5.74, 6) is -0.137. The molecule has 1 aromatic carbocycles. The molecular formula is C18H23FN4O. The molecule has 0 spiro atoms. The molecule has 1 fully saturated rings. The van der Waals surface area contributed by atoms with Crippen LogP contribution in [0.25, 0.3) is 0 Å². The summed E-state index contributed by atoms with van der Waals surface area (Å²) in [7, 11) is 1.86. The third kappa shape index (κ3) is 4.41. The molecule has 0 unspecified atom stereocenters. The van der Waals surface area contributed by atoms with Crippen LogP contribution in [0.3, 0.4) is 0 Å². The standard InChI is InChI=1S/C18H23FN4O/c1-22-11-15(10-21-22)9-20-18(24)16-5-3-7-23(13-16)12-14-4-2-6-17(19)8-14/h2,4,6,8,10-11,16H,3,5,7,9,12-13H2,1H3,(H,20,24)/t16-/m1/s1. The maximum absolute atomic E-state index is 13.3. The maximum atomic E-state index is 13.3. The Labute approximate surface area is 141 Å². The molecule has 1 atom stereocenters. The Hall–Kier alpha value is -2.21. The van der Waals surface area contributed by atoms with Crippen LogP contribution < -0.4 is 5.32 Å². The second-order valence-electron chi connectivity index (χ2n) is 6.44. The van der Waals surface area contributed by atoms with Crippen LogP contribution in [0.1, 0.15) is 24.0 Å². The van der Waals surface area contributed by atoms with E-state index in [0.29, 0.717) is 13.1 Å². The van der Waals surface area contributed by atoms with Crippen LogP contribution >= 0.6 is 0 Å². The summed E-state index contributed by atoms with van der Waals surface area (Å²) in [6.07, 6.45) is 5.55. The van der Waals surface area contributed by atoms with Crippen LogP contribution in [0.2, 0.25) is 0 Å². The number of piperidine rings is 1. The third-order valence-electron chi connectivity index (χ3n) is 4.40. The lowest BCUT2D eigenvalue weighted by Crippen LogP contribution is -2.42. The molecular weight excluding hydrogens is 307 g/mol. The summed E-state index contributed by atoms with van der Waals surface area (Å²) in [4.78, 5) is 14.6.